The molecule has 0 amide bonds. The molecule has 0 saturated carbocycles. The SMILES string of the molecule is CCCN(C)S(=O)(=O)c1cc(Br)cc(CNC)c1F. The lowest BCUT2D eigenvalue weighted by Crippen LogP contribution is -2.28. The van der Waals surface area contributed by atoms with Crippen molar-refractivity contribution in [1.82, 2.24) is 9.62 Å². The highest BCUT2D eigenvalue weighted by Crippen LogP contribution is 2.26. The van der Waals surface area contributed by atoms with Crippen LogP contribution in [0.5, 0.6) is 0 Å². The Morgan fingerprint density at radius 3 is 2.58 bits per heavy atom. The number of hydrogen-bond acceptors (Lipinski definition) is 3. The fourth-order valence-corrected chi connectivity index (χ4v) is 3.78. The molecule has 0 fully saturated rings. The molecule has 7 heteroatoms. The van der Waals surface area contributed by atoms with Crippen molar-refractivity contribution >= 4 is 26.0 Å². The van der Waals surface area contributed by atoms with E-state index in [0.29, 0.717) is 23.0 Å². The summed E-state index contributed by atoms with van der Waals surface area (Å²) in [4.78, 5) is -0.289. The van der Waals surface area contributed by atoms with Crippen LogP contribution in [0.1, 0.15) is 18.9 Å². The highest BCUT2D eigenvalue weighted by Gasteiger charge is 2.26. The van der Waals surface area contributed by atoms with Crippen molar-refractivity contribution in [2.75, 3.05) is 20.6 Å². The number of benzene rings is 1. The number of nitrogens with zero attached hydrogens (tertiary/aromatic N) is 1. The van der Waals surface area contributed by atoms with Crippen LogP contribution in [0.15, 0.2) is 21.5 Å². The molecule has 0 aromatic heterocycles. The van der Waals surface area contributed by atoms with Gasteiger partial charge in [-0.2, -0.15) is 0 Å². The number of rotatable bonds is 6. The summed E-state index contributed by atoms with van der Waals surface area (Å²) in [6.07, 6.45) is 0.675. The molecule has 19 heavy (non-hydrogen) atoms. The van der Waals surface area contributed by atoms with Gasteiger partial charge in [-0.25, -0.2) is 17.1 Å². The smallest absolute Gasteiger partial charge is 0.245 e. The zero-order valence-electron chi connectivity index (χ0n) is 11.2. The van der Waals surface area contributed by atoms with E-state index in [0.717, 1.165) is 0 Å². The van der Waals surface area contributed by atoms with E-state index >= 15 is 0 Å². The van der Waals surface area contributed by atoms with Gasteiger partial charge >= 0.3 is 0 Å². The Morgan fingerprint density at radius 1 is 1.42 bits per heavy atom. The maximum absolute atomic E-state index is 14.3. The van der Waals surface area contributed by atoms with Crippen LogP contribution in [0.25, 0.3) is 0 Å². The van der Waals surface area contributed by atoms with Gasteiger partial charge in [-0.15, -0.1) is 0 Å². The zero-order chi connectivity index (χ0) is 14.6. The van der Waals surface area contributed by atoms with Crippen molar-refractivity contribution in [3.63, 3.8) is 0 Å². The summed E-state index contributed by atoms with van der Waals surface area (Å²) in [7, 11) is -0.661. The summed E-state index contributed by atoms with van der Waals surface area (Å²) >= 11 is 3.22. The topological polar surface area (TPSA) is 49.4 Å². The van der Waals surface area contributed by atoms with E-state index in [9.17, 15) is 12.8 Å². The molecule has 0 aliphatic heterocycles. The van der Waals surface area contributed by atoms with Gasteiger partial charge in [0.2, 0.25) is 10.0 Å². The Labute approximate surface area is 122 Å². The molecule has 1 N–H and O–H groups in total. The fourth-order valence-electron chi connectivity index (χ4n) is 1.73. The standard InChI is InChI=1S/C12H18BrFN2O2S/c1-4-5-16(3)19(17,18)11-7-10(13)6-9(8-15-2)12(11)14/h6-7,15H,4-5,8H2,1-3H3. The minimum absolute atomic E-state index is 0.269. The van der Waals surface area contributed by atoms with Gasteiger partial charge in [0.1, 0.15) is 10.7 Å². The predicted molar refractivity (Wildman–Crippen MR) is 77.0 cm³/mol. The van der Waals surface area contributed by atoms with E-state index < -0.39 is 15.8 Å². The molecular weight excluding hydrogens is 335 g/mol. The van der Waals surface area contributed by atoms with E-state index in [2.05, 4.69) is 21.2 Å². The van der Waals surface area contributed by atoms with Gasteiger partial charge in [0.05, 0.1) is 0 Å². The molecule has 0 atom stereocenters. The monoisotopic (exact) mass is 352 g/mol. The first-order chi connectivity index (χ1) is 8.84. The molecule has 0 saturated heterocycles. The number of sulfonamides is 1. The van der Waals surface area contributed by atoms with E-state index in [1.54, 1.807) is 13.1 Å². The molecule has 0 aliphatic carbocycles. The molecule has 0 spiro atoms. The number of nitrogens with one attached hydrogen (secondary N) is 1. The van der Waals surface area contributed by atoms with Crippen molar-refractivity contribution in [2.24, 2.45) is 0 Å². The van der Waals surface area contributed by atoms with Gasteiger partial charge in [0.25, 0.3) is 0 Å². The maximum atomic E-state index is 14.3. The van der Waals surface area contributed by atoms with Gasteiger partial charge < -0.3 is 5.32 Å². The normalized spacial score (nSPS) is 12.1. The molecule has 108 valence electrons. The van der Waals surface area contributed by atoms with Crippen LogP contribution in [0, 0.1) is 5.82 Å². The average Bonchev–Trinajstić information content (AvgIpc) is 2.33. The number of hydrogen-bond donors (Lipinski definition) is 1. The second-order valence-corrected chi connectivity index (χ2v) is 7.16. The first-order valence-corrected chi connectivity index (χ1v) is 8.16. The Kier molecular flexibility index (Phi) is 5.91. The Balaban J connectivity index is 3.34. The molecule has 4 nitrogen and oxygen atoms in total. The largest absolute Gasteiger partial charge is 0.316 e. The molecular formula is C12H18BrFN2O2S. The Hall–Kier alpha value is -0.500. The quantitative estimate of drug-likeness (QED) is 0.854. The first-order valence-electron chi connectivity index (χ1n) is 5.93. The summed E-state index contributed by atoms with van der Waals surface area (Å²) in [6.45, 7) is 2.50. The van der Waals surface area contributed by atoms with Gasteiger partial charge in [0.15, 0.2) is 0 Å². The Morgan fingerprint density at radius 2 is 2.05 bits per heavy atom. The summed E-state index contributed by atoms with van der Waals surface area (Å²) in [5.41, 5.74) is 0.320. The summed E-state index contributed by atoms with van der Waals surface area (Å²) in [5, 5.41) is 2.82. The van der Waals surface area contributed by atoms with Crippen LogP contribution in [0.2, 0.25) is 0 Å². The van der Waals surface area contributed by atoms with E-state index in [4.69, 9.17) is 0 Å². The van der Waals surface area contributed by atoms with Crippen molar-refractivity contribution in [3.05, 3.63) is 28.0 Å². The third-order valence-electron chi connectivity index (χ3n) is 2.67. The maximum Gasteiger partial charge on any atom is 0.245 e. The molecule has 0 radical (unpaired) electrons. The van der Waals surface area contributed by atoms with Crippen LogP contribution in [-0.2, 0) is 16.6 Å². The lowest BCUT2D eigenvalue weighted by Gasteiger charge is -2.18. The third kappa shape index (κ3) is 3.75. The predicted octanol–water partition coefficient (Wildman–Crippen LogP) is 2.34. The van der Waals surface area contributed by atoms with Crippen molar-refractivity contribution in [1.29, 1.82) is 0 Å². The van der Waals surface area contributed by atoms with E-state index in [1.165, 1.54) is 17.4 Å². The molecule has 0 unspecified atom stereocenters. The summed E-state index contributed by atoms with van der Waals surface area (Å²) < 4.78 is 40.6. The van der Waals surface area contributed by atoms with Crippen LogP contribution in [0.4, 0.5) is 4.39 Å². The van der Waals surface area contributed by atoms with Crippen molar-refractivity contribution in [2.45, 2.75) is 24.8 Å². The summed E-state index contributed by atoms with van der Waals surface area (Å²) in [5.74, 6) is -0.694. The second kappa shape index (κ2) is 6.78. The highest BCUT2D eigenvalue weighted by atomic mass is 79.9. The molecule has 0 bridgehead atoms. The minimum Gasteiger partial charge on any atom is -0.316 e. The molecule has 0 aliphatic rings. The van der Waals surface area contributed by atoms with Gasteiger partial charge in [-0.1, -0.05) is 22.9 Å². The second-order valence-electron chi connectivity index (χ2n) is 4.23. The van der Waals surface area contributed by atoms with Crippen molar-refractivity contribution in [3.8, 4) is 0 Å². The fraction of sp³-hybridized carbons (Fsp3) is 0.500. The lowest BCUT2D eigenvalue weighted by molar-refractivity contribution is 0.460. The van der Waals surface area contributed by atoms with Gasteiger partial charge in [0, 0.05) is 30.2 Å². The number of halogens is 2. The van der Waals surface area contributed by atoms with Crippen LogP contribution >= 0.6 is 15.9 Å². The first kappa shape index (κ1) is 16.6. The van der Waals surface area contributed by atoms with Gasteiger partial charge in [-0.3, -0.25) is 0 Å². The zero-order valence-corrected chi connectivity index (χ0v) is 13.6. The highest BCUT2D eigenvalue weighted by molar-refractivity contribution is 9.10. The summed E-state index contributed by atoms with van der Waals surface area (Å²) in [6, 6.07) is 2.88. The molecule has 1 rings (SSSR count). The molecule has 1 aromatic rings. The Bertz CT molecular complexity index is 549. The van der Waals surface area contributed by atoms with Gasteiger partial charge in [-0.05, 0) is 25.6 Å². The lowest BCUT2D eigenvalue weighted by atomic mass is 10.2. The van der Waals surface area contributed by atoms with E-state index in [-0.39, 0.29) is 11.4 Å². The average molecular weight is 353 g/mol. The third-order valence-corrected chi connectivity index (χ3v) is 4.99. The molecule has 0 heterocycles. The molecule has 1 aromatic carbocycles. The van der Waals surface area contributed by atoms with Crippen molar-refractivity contribution < 1.29 is 12.8 Å². The van der Waals surface area contributed by atoms with Crippen LogP contribution < -0.4 is 5.32 Å². The van der Waals surface area contributed by atoms with Crippen LogP contribution in [0.3, 0.4) is 0 Å². The van der Waals surface area contributed by atoms with E-state index in [1.807, 2.05) is 6.92 Å². The van der Waals surface area contributed by atoms with Crippen LogP contribution in [-0.4, -0.2) is 33.4 Å². The minimum atomic E-state index is -3.79.